The monoisotopic (exact) mass is 278 g/mol. The van der Waals surface area contributed by atoms with Crippen molar-refractivity contribution < 1.29 is 14.3 Å². The Balaban J connectivity index is 1.85. The molecule has 1 unspecified atom stereocenters. The van der Waals surface area contributed by atoms with Gasteiger partial charge in [-0.2, -0.15) is 5.10 Å². The number of nitrogens with one attached hydrogen (secondary N) is 2. The summed E-state index contributed by atoms with van der Waals surface area (Å²) in [6, 6.07) is 7.00. The van der Waals surface area contributed by atoms with Crippen molar-refractivity contribution in [3.63, 3.8) is 0 Å². The molecule has 20 heavy (non-hydrogen) atoms. The first-order chi connectivity index (χ1) is 9.56. The van der Waals surface area contributed by atoms with Crippen molar-refractivity contribution in [1.29, 1.82) is 0 Å². The minimum atomic E-state index is -1.11. The Morgan fingerprint density at radius 1 is 1.45 bits per heavy atom. The number of aryl methyl sites for hydroxylation is 1. The first-order valence-electron chi connectivity index (χ1n) is 6.03. The molecule has 2 amide bonds. The number of nitrogens with zero attached hydrogens (tertiary/aromatic N) is 2. The lowest BCUT2D eigenvalue weighted by atomic mass is 10.1. The van der Waals surface area contributed by atoms with E-state index >= 15 is 0 Å². The van der Waals surface area contributed by atoms with Crippen molar-refractivity contribution in [2.45, 2.75) is 6.10 Å². The zero-order valence-electron chi connectivity index (χ0n) is 10.9. The molecule has 2 rings (SSSR count). The Labute approximate surface area is 115 Å². The van der Waals surface area contributed by atoms with E-state index in [0.29, 0.717) is 5.82 Å². The van der Waals surface area contributed by atoms with Crippen LogP contribution >= 0.6 is 0 Å². The summed E-state index contributed by atoms with van der Waals surface area (Å²) in [6.07, 6.45) is 0.578. The number of rotatable bonds is 4. The van der Waals surface area contributed by atoms with E-state index in [0.717, 1.165) is 0 Å². The lowest BCUT2D eigenvalue weighted by Gasteiger charge is -2.13. The van der Waals surface area contributed by atoms with Crippen LogP contribution in [0.25, 0.3) is 0 Å². The highest BCUT2D eigenvalue weighted by atomic mass is 19.1. The number of amides is 2. The number of hydrogen-bond donors (Lipinski definition) is 3. The maximum absolute atomic E-state index is 13.4. The van der Waals surface area contributed by atoms with Crippen molar-refractivity contribution in [2.24, 2.45) is 7.05 Å². The van der Waals surface area contributed by atoms with Crippen LogP contribution in [0.1, 0.15) is 11.7 Å². The maximum Gasteiger partial charge on any atom is 0.320 e. The van der Waals surface area contributed by atoms with Crippen LogP contribution in [0.2, 0.25) is 0 Å². The van der Waals surface area contributed by atoms with Crippen molar-refractivity contribution in [1.82, 2.24) is 15.1 Å². The van der Waals surface area contributed by atoms with E-state index in [2.05, 4.69) is 15.7 Å². The van der Waals surface area contributed by atoms with Crippen LogP contribution in [0.5, 0.6) is 0 Å². The zero-order chi connectivity index (χ0) is 14.5. The minimum Gasteiger partial charge on any atom is -0.386 e. The van der Waals surface area contributed by atoms with Gasteiger partial charge >= 0.3 is 6.03 Å². The predicted molar refractivity (Wildman–Crippen MR) is 71.6 cm³/mol. The molecule has 7 heteroatoms. The molecule has 106 valence electrons. The predicted octanol–water partition coefficient (Wildman–Crippen LogP) is 1.41. The number of carbonyl (C=O) groups is 1. The number of aliphatic hydroxyl groups is 1. The summed E-state index contributed by atoms with van der Waals surface area (Å²) in [4.78, 5) is 11.6. The molecule has 1 heterocycles. The third-order valence-electron chi connectivity index (χ3n) is 2.68. The van der Waals surface area contributed by atoms with Crippen LogP contribution in [0, 0.1) is 5.82 Å². The number of benzene rings is 1. The van der Waals surface area contributed by atoms with E-state index in [1.807, 2.05) is 0 Å². The molecule has 0 aliphatic rings. The molecule has 1 aromatic heterocycles. The van der Waals surface area contributed by atoms with E-state index < -0.39 is 18.0 Å². The second kappa shape index (κ2) is 6.16. The van der Waals surface area contributed by atoms with Crippen molar-refractivity contribution in [3.05, 3.63) is 47.9 Å². The number of aliphatic hydroxyl groups excluding tert-OH is 1. The molecule has 0 saturated heterocycles. The van der Waals surface area contributed by atoms with Gasteiger partial charge in [0, 0.05) is 31.4 Å². The van der Waals surface area contributed by atoms with Gasteiger partial charge in [-0.1, -0.05) is 18.2 Å². The highest BCUT2D eigenvalue weighted by Crippen LogP contribution is 2.15. The summed E-state index contributed by atoms with van der Waals surface area (Å²) in [5, 5.41) is 18.7. The van der Waals surface area contributed by atoms with Crippen molar-refractivity contribution in [3.8, 4) is 0 Å². The van der Waals surface area contributed by atoms with Crippen LogP contribution in [0.15, 0.2) is 36.5 Å². The smallest absolute Gasteiger partial charge is 0.320 e. The normalized spacial score (nSPS) is 11.9. The molecule has 0 radical (unpaired) electrons. The summed E-state index contributed by atoms with van der Waals surface area (Å²) < 4.78 is 15.0. The number of halogens is 1. The summed E-state index contributed by atoms with van der Waals surface area (Å²) in [5.41, 5.74) is 0.144. The summed E-state index contributed by atoms with van der Waals surface area (Å²) >= 11 is 0. The first-order valence-corrected chi connectivity index (χ1v) is 6.03. The van der Waals surface area contributed by atoms with E-state index in [1.54, 1.807) is 30.1 Å². The third-order valence-corrected chi connectivity index (χ3v) is 2.68. The summed E-state index contributed by atoms with van der Waals surface area (Å²) in [6.45, 7) is -0.0976. The molecule has 1 atom stereocenters. The zero-order valence-corrected chi connectivity index (χ0v) is 10.9. The highest BCUT2D eigenvalue weighted by molar-refractivity contribution is 5.88. The molecule has 0 fully saturated rings. The summed E-state index contributed by atoms with van der Waals surface area (Å²) in [5.74, 6) is -0.114. The Kier molecular flexibility index (Phi) is 4.31. The number of aromatic nitrogens is 2. The van der Waals surface area contributed by atoms with Crippen LogP contribution in [0.4, 0.5) is 15.0 Å². The Hall–Kier alpha value is -2.41. The van der Waals surface area contributed by atoms with Crippen LogP contribution in [0.3, 0.4) is 0 Å². The molecule has 6 nitrogen and oxygen atoms in total. The molecule has 0 aliphatic carbocycles. The molecule has 0 bridgehead atoms. The van der Waals surface area contributed by atoms with Gasteiger partial charge in [-0.05, 0) is 6.07 Å². The fraction of sp³-hybridized carbons (Fsp3) is 0.231. The molecular weight excluding hydrogens is 263 g/mol. The second-order valence-electron chi connectivity index (χ2n) is 4.25. The van der Waals surface area contributed by atoms with Crippen LogP contribution in [-0.2, 0) is 7.05 Å². The van der Waals surface area contributed by atoms with Gasteiger partial charge in [-0.3, -0.25) is 10.00 Å². The highest BCUT2D eigenvalue weighted by Gasteiger charge is 2.13. The lowest BCUT2D eigenvalue weighted by Crippen LogP contribution is -2.32. The molecule has 2 aromatic rings. The Morgan fingerprint density at radius 3 is 2.85 bits per heavy atom. The first kappa shape index (κ1) is 14.0. The van der Waals surface area contributed by atoms with Gasteiger partial charge in [0.05, 0.1) is 6.10 Å². The van der Waals surface area contributed by atoms with Gasteiger partial charge in [-0.25, -0.2) is 9.18 Å². The van der Waals surface area contributed by atoms with Crippen LogP contribution < -0.4 is 10.6 Å². The van der Waals surface area contributed by atoms with E-state index in [1.165, 1.54) is 18.2 Å². The number of carbonyl (C=O) groups excluding carboxylic acids is 1. The molecule has 3 N–H and O–H groups in total. The van der Waals surface area contributed by atoms with E-state index in [4.69, 9.17) is 0 Å². The van der Waals surface area contributed by atoms with Gasteiger partial charge in [0.2, 0.25) is 0 Å². The Morgan fingerprint density at radius 2 is 2.20 bits per heavy atom. The third kappa shape index (κ3) is 3.55. The van der Waals surface area contributed by atoms with Crippen LogP contribution in [-0.4, -0.2) is 27.5 Å². The Bertz CT molecular complexity index is 600. The topological polar surface area (TPSA) is 79.2 Å². The number of urea groups is 1. The van der Waals surface area contributed by atoms with Gasteiger partial charge in [0.25, 0.3) is 0 Å². The van der Waals surface area contributed by atoms with Gasteiger partial charge < -0.3 is 10.4 Å². The average molecular weight is 278 g/mol. The standard InChI is InChI=1S/C13H15FN4O2/c1-18-7-6-12(17-18)16-13(20)15-8-11(19)9-4-2-3-5-10(9)14/h2-7,11,19H,8H2,1H3,(H2,15,16,17,20). The maximum atomic E-state index is 13.4. The van der Waals surface area contributed by atoms with Crippen molar-refractivity contribution in [2.75, 3.05) is 11.9 Å². The molecule has 0 aliphatic heterocycles. The number of hydrogen-bond acceptors (Lipinski definition) is 3. The largest absolute Gasteiger partial charge is 0.386 e. The van der Waals surface area contributed by atoms with Crippen molar-refractivity contribution >= 4 is 11.8 Å². The fourth-order valence-electron chi connectivity index (χ4n) is 1.69. The fourth-order valence-corrected chi connectivity index (χ4v) is 1.69. The SMILES string of the molecule is Cn1ccc(NC(=O)NCC(O)c2ccccc2F)n1. The van der Waals surface area contributed by atoms with Gasteiger partial charge in [-0.15, -0.1) is 0 Å². The molecular formula is C13H15FN4O2. The number of anilines is 1. The summed E-state index contributed by atoms with van der Waals surface area (Å²) in [7, 11) is 1.73. The van der Waals surface area contributed by atoms with Gasteiger partial charge in [0.1, 0.15) is 5.82 Å². The quantitative estimate of drug-likeness (QED) is 0.791. The van der Waals surface area contributed by atoms with Gasteiger partial charge in [0.15, 0.2) is 5.82 Å². The second-order valence-corrected chi connectivity index (χ2v) is 4.25. The molecule has 0 saturated carbocycles. The van der Waals surface area contributed by atoms with E-state index in [-0.39, 0.29) is 12.1 Å². The molecule has 1 aromatic carbocycles. The minimum absolute atomic E-state index is 0.0976. The average Bonchev–Trinajstić information content (AvgIpc) is 2.82. The molecule has 0 spiro atoms. The lowest BCUT2D eigenvalue weighted by molar-refractivity contribution is 0.170. The van der Waals surface area contributed by atoms with E-state index in [9.17, 15) is 14.3 Å².